The summed E-state index contributed by atoms with van der Waals surface area (Å²) in [4.78, 5) is 14.5. The van der Waals surface area contributed by atoms with Crippen LogP contribution >= 0.6 is 0 Å². The predicted octanol–water partition coefficient (Wildman–Crippen LogP) is 0.728. The lowest BCUT2D eigenvalue weighted by atomic mass is 10.1. The van der Waals surface area contributed by atoms with Crippen molar-refractivity contribution in [1.82, 2.24) is 10.2 Å². The molecule has 1 atom stereocenters. The number of ether oxygens (including phenoxy) is 2. The van der Waals surface area contributed by atoms with Crippen LogP contribution in [0.15, 0.2) is 18.2 Å². The Morgan fingerprint density at radius 1 is 1.48 bits per heavy atom. The number of carbonyl (C=O) groups excluding carboxylic acids is 1. The molecule has 1 aromatic rings. The molecule has 0 saturated carbocycles. The Balaban J connectivity index is 1.90. The zero-order valence-corrected chi connectivity index (χ0v) is 12.6. The fourth-order valence-corrected chi connectivity index (χ4v) is 2.39. The van der Waals surface area contributed by atoms with E-state index >= 15 is 0 Å². The zero-order chi connectivity index (χ0) is 15.2. The fraction of sp³-hybridized carbons (Fsp3) is 0.533. The van der Waals surface area contributed by atoms with Gasteiger partial charge in [-0.3, -0.25) is 9.69 Å². The van der Waals surface area contributed by atoms with Crippen LogP contribution in [0.5, 0.6) is 5.75 Å². The van der Waals surface area contributed by atoms with E-state index in [1.807, 2.05) is 6.92 Å². The lowest BCUT2D eigenvalue weighted by molar-refractivity contribution is 0.0342. The highest BCUT2D eigenvalue weighted by atomic mass is 16.5. The lowest BCUT2D eigenvalue weighted by Crippen LogP contribution is -2.46. The summed E-state index contributed by atoms with van der Waals surface area (Å²) < 4.78 is 10.4. The Hall–Kier alpha value is -1.79. The van der Waals surface area contributed by atoms with Crippen molar-refractivity contribution >= 4 is 11.6 Å². The second-order valence-electron chi connectivity index (χ2n) is 5.24. The van der Waals surface area contributed by atoms with Crippen LogP contribution in [0.1, 0.15) is 17.3 Å². The molecule has 0 spiro atoms. The molecule has 0 aliphatic carbocycles. The number of nitrogens with zero attached hydrogens (tertiary/aromatic N) is 1. The number of methoxy groups -OCH3 is 1. The van der Waals surface area contributed by atoms with Gasteiger partial charge in [-0.2, -0.15) is 0 Å². The van der Waals surface area contributed by atoms with E-state index in [0.717, 1.165) is 32.8 Å². The molecule has 1 saturated heterocycles. The molecule has 0 bridgehead atoms. The highest BCUT2D eigenvalue weighted by molar-refractivity contribution is 5.99. The first-order chi connectivity index (χ1) is 10.1. The third kappa shape index (κ3) is 4.34. The average molecular weight is 293 g/mol. The first kappa shape index (κ1) is 15.6. The number of anilines is 1. The van der Waals surface area contributed by atoms with Gasteiger partial charge < -0.3 is 20.5 Å². The Bertz CT molecular complexity index is 487. The van der Waals surface area contributed by atoms with E-state index in [2.05, 4.69) is 10.2 Å². The van der Waals surface area contributed by atoms with Crippen LogP contribution in [0.25, 0.3) is 0 Å². The Labute approximate surface area is 125 Å². The first-order valence-electron chi connectivity index (χ1n) is 7.14. The summed E-state index contributed by atoms with van der Waals surface area (Å²) in [6.45, 7) is 6.13. The van der Waals surface area contributed by atoms with Crippen molar-refractivity contribution in [3.05, 3.63) is 23.8 Å². The molecule has 1 heterocycles. The van der Waals surface area contributed by atoms with Gasteiger partial charge in [0.15, 0.2) is 0 Å². The molecule has 116 valence electrons. The molecule has 1 amide bonds. The first-order valence-corrected chi connectivity index (χ1v) is 7.14. The average Bonchev–Trinajstić information content (AvgIpc) is 2.47. The number of hydrogen-bond donors (Lipinski definition) is 2. The summed E-state index contributed by atoms with van der Waals surface area (Å²) in [6, 6.07) is 5.13. The SMILES string of the molecule is COc1ccc(C(=O)NC(C)CN2CCOCC2)c(N)c1. The molecule has 1 aliphatic heterocycles. The Kier molecular flexibility index (Phi) is 5.41. The third-order valence-corrected chi connectivity index (χ3v) is 3.52. The zero-order valence-electron chi connectivity index (χ0n) is 12.6. The van der Waals surface area contributed by atoms with Gasteiger partial charge in [-0.15, -0.1) is 0 Å². The molecular weight excluding hydrogens is 270 g/mol. The maximum Gasteiger partial charge on any atom is 0.253 e. The molecule has 21 heavy (non-hydrogen) atoms. The number of morpholine rings is 1. The molecule has 6 heteroatoms. The highest BCUT2D eigenvalue weighted by Crippen LogP contribution is 2.19. The second kappa shape index (κ2) is 7.28. The van der Waals surface area contributed by atoms with Gasteiger partial charge in [-0.05, 0) is 19.1 Å². The van der Waals surface area contributed by atoms with Crippen molar-refractivity contribution in [2.24, 2.45) is 0 Å². The van der Waals surface area contributed by atoms with Crippen molar-refractivity contribution in [3.63, 3.8) is 0 Å². The smallest absolute Gasteiger partial charge is 0.253 e. The van der Waals surface area contributed by atoms with E-state index in [4.69, 9.17) is 15.2 Å². The summed E-state index contributed by atoms with van der Waals surface area (Å²) in [5, 5.41) is 2.98. The van der Waals surface area contributed by atoms with Crippen molar-refractivity contribution in [1.29, 1.82) is 0 Å². The quantitative estimate of drug-likeness (QED) is 0.783. The van der Waals surface area contributed by atoms with Crippen LogP contribution in [0.4, 0.5) is 5.69 Å². The molecule has 1 unspecified atom stereocenters. The normalized spacial score (nSPS) is 17.2. The predicted molar refractivity (Wildman–Crippen MR) is 81.6 cm³/mol. The molecular formula is C15H23N3O3. The van der Waals surface area contributed by atoms with Gasteiger partial charge in [0.05, 0.1) is 25.9 Å². The van der Waals surface area contributed by atoms with Gasteiger partial charge in [-0.1, -0.05) is 0 Å². The van der Waals surface area contributed by atoms with E-state index in [1.165, 1.54) is 0 Å². The number of benzene rings is 1. The van der Waals surface area contributed by atoms with E-state index in [9.17, 15) is 4.79 Å². The molecule has 0 aromatic heterocycles. The third-order valence-electron chi connectivity index (χ3n) is 3.52. The van der Waals surface area contributed by atoms with Crippen LogP contribution < -0.4 is 15.8 Å². The van der Waals surface area contributed by atoms with Crippen LogP contribution in [0, 0.1) is 0 Å². The fourth-order valence-electron chi connectivity index (χ4n) is 2.39. The summed E-state index contributed by atoms with van der Waals surface area (Å²) in [7, 11) is 1.57. The van der Waals surface area contributed by atoms with Gasteiger partial charge in [0.25, 0.3) is 5.91 Å². The van der Waals surface area contributed by atoms with Gasteiger partial charge in [0, 0.05) is 37.4 Å². The number of nitrogens with two attached hydrogens (primary N) is 1. The molecule has 3 N–H and O–H groups in total. The minimum absolute atomic E-state index is 0.0529. The van der Waals surface area contributed by atoms with Gasteiger partial charge >= 0.3 is 0 Å². The molecule has 0 radical (unpaired) electrons. The molecule has 6 nitrogen and oxygen atoms in total. The van der Waals surface area contributed by atoms with E-state index < -0.39 is 0 Å². The summed E-state index contributed by atoms with van der Waals surface area (Å²) in [5.41, 5.74) is 6.79. The number of nitrogens with one attached hydrogen (secondary N) is 1. The minimum atomic E-state index is -0.157. The largest absolute Gasteiger partial charge is 0.497 e. The van der Waals surface area contributed by atoms with Crippen molar-refractivity contribution in [3.8, 4) is 5.75 Å². The minimum Gasteiger partial charge on any atom is -0.497 e. The molecule has 1 fully saturated rings. The number of hydrogen-bond acceptors (Lipinski definition) is 5. The maximum atomic E-state index is 12.2. The van der Waals surface area contributed by atoms with Gasteiger partial charge in [0.1, 0.15) is 5.75 Å². The monoisotopic (exact) mass is 293 g/mol. The Morgan fingerprint density at radius 2 is 2.19 bits per heavy atom. The summed E-state index contributed by atoms with van der Waals surface area (Å²) in [6.07, 6.45) is 0. The Morgan fingerprint density at radius 3 is 2.81 bits per heavy atom. The van der Waals surface area contributed by atoms with Crippen molar-refractivity contribution < 1.29 is 14.3 Å². The van der Waals surface area contributed by atoms with E-state index in [0.29, 0.717) is 17.0 Å². The number of amides is 1. The summed E-state index contributed by atoms with van der Waals surface area (Å²) >= 11 is 0. The maximum absolute atomic E-state index is 12.2. The van der Waals surface area contributed by atoms with Crippen molar-refractivity contribution in [2.75, 3.05) is 45.7 Å². The standard InChI is InChI=1S/C15H23N3O3/c1-11(10-18-5-7-21-8-6-18)17-15(19)13-4-3-12(20-2)9-14(13)16/h3-4,9,11H,5-8,10,16H2,1-2H3,(H,17,19). The van der Waals surface area contributed by atoms with Crippen LogP contribution in [-0.4, -0.2) is 56.8 Å². The van der Waals surface area contributed by atoms with E-state index in [-0.39, 0.29) is 11.9 Å². The van der Waals surface area contributed by atoms with Gasteiger partial charge in [-0.25, -0.2) is 0 Å². The number of rotatable bonds is 5. The van der Waals surface area contributed by atoms with Gasteiger partial charge in [0.2, 0.25) is 0 Å². The molecule has 1 aliphatic rings. The summed E-state index contributed by atoms with van der Waals surface area (Å²) in [5.74, 6) is 0.487. The lowest BCUT2D eigenvalue weighted by Gasteiger charge is -2.29. The second-order valence-corrected chi connectivity index (χ2v) is 5.24. The number of nitrogen functional groups attached to an aromatic ring is 1. The molecule has 1 aromatic carbocycles. The topological polar surface area (TPSA) is 76.8 Å². The van der Waals surface area contributed by atoms with Crippen LogP contribution in [0.2, 0.25) is 0 Å². The van der Waals surface area contributed by atoms with Crippen LogP contribution in [-0.2, 0) is 4.74 Å². The number of carbonyl (C=O) groups is 1. The molecule has 2 rings (SSSR count). The van der Waals surface area contributed by atoms with Crippen LogP contribution in [0.3, 0.4) is 0 Å². The van der Waals surface area contributed by atoms with Crippen molar-refractivity contribution in [2.45, 2.75) is 13.0 Å². The highest BCUT2D eigenvalue weighted by Gasteiger charge is 2.17. The van der Waals surface area contributed by atoms with E-state index in [1.54, 1.807) is 25.3 Å².